The van der Waals surface area contributed by atoms with Crippen LogP contribution in [0.5, 0.6) is 0 Å². The second kappa shape index (κ2) is 6.38. The minimum atomic E-state index is -0.334. The standard InChI is InChI=1S/C17H20FN7/c1-12-15-16(22-24-9-7-23(2)8-10-24)19-11-20-17(15)25(21-12)14-6-4-3-5-13(14)18/h3-6,11H,7-10H2,1-2H3,(H,19,20,22). The van der Waals surface area contributed by atoms with Crippen LogP contribution < -0.4 is 5.43 Å². The minimum absolute atomic E-state index is 0.334. The molecule has 0 saturated carbocycles. The van der Waals surface area contributed by atoms with Crippen LogP contribution in [0.25, 0.3) is 16.7 Å². The Morgan fingerprint density at radius 2 is 1.84 bits per heavy atom. The lowest BCUT2D eigenvalue weighted by molar-refractivity contribution is 0.178. The first-order chi connectivity index (χ1) is 12.1. The number of aryl methyl sites for hydroxylation is 1. The molecule has 0 spiro atoms. The van der Waals surface area contributed by atoms with E-state index in [1.165, 1.54) is 17.1 Å². The Morgan fingerprint density at radius 3 is 2.60 bits per heavy atom. The number of anilines is 1. The number of hydrazine groups is 1. The molecule has 0 bridgehead atoms. The minimum Gasteiger partial charge on any atom is -0.304 e. The maximum absolute atomic E-state index is 14.2. The highest BCUT2D eigenvalue weighted by molar-refractivity contribution is 5.89. The van der Waals surface area contributed by atoms with Gasteiger partial charge in [0, 0.05) is 26.2 Å². The van der Waals surface area contributed by atoms with Gasteiger partial charge in [0.2, 0.25) is 0 Å². The molecule has 8 heteroatoms. The largest absolute Gasteiger partial charge is 0.304 e. The van der Waals surface area contributed by atoms with E-state index in [0.717, 1.165) is 37.3 Å². The number of nitrogens with zero attached hydrogens (tertiary/aromatic N) is 6. The van der Waals surface area contributed by atoms with E-state index in [2.05, 4.69) is 37.4 Å². The van der Waals surface area contributed by atoms with Gasteiger partial charge in [0.25, 0.3) is 0 Å². The molecule has 0 atom stereocenters. The summed E-state index contributed by atoms with van der Waals surface area (Å²) in [6.45, 7) is 5.69. The van der Waals surface area contributed by atoms with Crippen molar-refractivity contribution in [3.63, 3.8) is 0 Å². The average Bonchev–Trinajstić information content (AvgIpc) is 2.95. The van der Waals surface area contributed by atoms with E-state index in [-0.39, 0.29) is 5.82 Å². The Morgan fingerprint density at radius 1 is 1.08 bits per heavy atom. The van der Waals surface area contributed by atoms with Crippen LogP contribution >= 0.6 is 0 Å². The summed E-state index contributed by atoms with van der Waals surface area (Å²) < 4.78 is 15.7. The number of nitrogens with one attached hydrogen (secondary N) is 1. The van der Waals surface area contributed by atoms with Crippen LogP contribution in [0, 0.1) is 12.7 Å². The highest BCUT2D eigenvalue weighted by Crippen LogP contribution is 2.26. The number of rotatable bonds is 3. The van der Waals surface area contributed by atoms with Crippen molar-refractivity contribution in [1.82, 2.24) is 29.7 Å². The molecule has 0 unspecified atom stereocenters. The van der Waals surface area contributed by atoms with E-state index in [9.17, 15) is 4.39 Å². The van der Waals surface area contributed by atoms with Crippen LogP contribution in [0.4, 0.5) is 10.2 Å². The lowest BCUT2D eigenvalue weighted by Crippen LogP contribution is -2.47. The van der Waals surface area contributed by atoms with Crippen LogP contribution in [0.15, 0.2) is 30.6 Å². The van der Waals surface area contributed by atoms with Gasteiger partial charge in [0.1, 0.15) is 17.8 Å². The van der Waals surface area contributed by atoms with Gasteiger partial charge in [-0.25, -0.2) is 24.0 Å². The van der Waals surface area contributed by atoms with Gasteiger partial charge in [-0.3, -0.25) is 0 Å². The first-order valence-corrected chi connectivity index (χ1v) is 8.29. The van der Waals surface area contributed by atoms with Crippen molar-refractivity contribution in [2.24, 2.45) is 0 Å². The zero-order chi connectivity index (χ0) is 17.4. The molecular weight excluding hydrogens is 321 g/mol. The van der Waals surface area contributed by atoms with Crippen molar-refractivity contribution in [2.75, 3.05) is 38.7 Å². The molecule has 3 aromatic rings. The highest BCUT2D eigenvalue weighted by Gasteiger charge is 2.20. The molecule has 1 aliphatic rings. The summed E-state index contributed by atoms with van der Waals surface area (Å²) in [7, 11) is 2.11. The predicted molar refractivity (Wildman–Crippen MR) is 94.0 cm³/mol. The molecule has 0 aliphatic carbocycles. The first kappa shape index (κ1) is 15.9. The summed E-state index contributed by atoms with van der Waals surface area (Å²) in [6, 6.07) is 6.55. The van der Waals surface area contributed by atoms with Crippen LogP contribution in [-0.4, -0.2) is 62.9 Å². The lowest BCUT2D eigenvalue weighted by Gasteiger charge is -2.32. The van der Waals surface area contributed by atoms with Crippen molar-refractivity contribution in [2.45, 2.75) is 6.92 Å². The lowest BCUT2D eigenvalue weighted by atomic mass is 10.3. The first-order valence-electron chi connectivity index (χ1n) is 8.29. The zero-order valence-corrected chi connectivity index (χ0v) is 14.3. The molecule has 1 fully saturated rings. The SMILES string of the molecule is Cc1nn(-c2ccccc2F)c2ncnc(NN3CCN(C)CC3)c12. The Bertz CT molecular complexity index is 899. The maximum atomic E-state index is 14.2. The highest BCUT2D eigenvalue weighted by atomic mass is 19.1. The Kier molecular flexibility index (Phi) is 4.06. The average molecular weight is 341 g/mol. The third kappa shape index (κ3) is 2.94. The molecule has 1 N–H and O–H groups in total. The van der Waals surface area contributed by atoms with Gasteiger partial charge in [-0.15, -0.1) is 0 Å². The summed E-state index contributed by atoms with van der Waals surface area (Å²) >= 11 is 0. The van der Waals surface area contributed by atoms with E-state index in [0.29, 0.717) is 17.2 Å². The fourth-order valence-electron chi connectivity index (χ4n) is 3.06. The van der Waals surface area contributed by atoms with E-state index in [1.54, 1.807) is 18.2 Å². The van der Waals surface area contributed by atoms with Gasteiger partial charge in [-0.1, -0.05) is 12.1 Å². The number of hydrogen-bond acceptors (Lipinski definition) is 6. The third-order valence-corrected chi connectivity index (χ3v) is 4.49. The van der Waals surface area contributed by atoms with Crippen molar-refractivity contribution >= 4 is 16.9 Å². The van der Waals surface area contributed by atoms with Gasteiger partial charge in [-0.05, 0) is 26.1 Å². The van der Waals surface area contributed by atoms with Crippen molar-refractivity contribution in [3.05, 3.63) is 42.1 Å². The summed E-state index contributed by atoms with van der Waals surface area (Å²) in [4.78, 5) is 11.0. The second-order valence-electron chi connectivity index (χ2n) is 6.27. The summed E-state index contributed by atoms with van der Waals surface area (Å²) in [6.07, 6.45) is 1.49. The number of likely N-dealkylation sites (N-methyl/N-ethyl adjacent to an activating group) is 1. The molecule has 2 aromatic heterocycles. The van der Waals surface area contributed by atoms with Gasteiger partial charge < -0.3 is 10.3 Å². The normalized spacial score (nSPS) is 16.4. The Labute approximate surface area is 145 Å². The molecule has 1 aromatic carbocycles. The third-order valence-electron chi connectivity index (χ3n) is 4.49. The van der Waals surface area contributed by atoms with Gasteiger partial charge >= 0.3 is 0 Å². The van der Waals surface area contributed by atoms with E-state index in [1.807, 2.05) is 6.92 Å². The molecule has 1 saturated heterocycles. The van der Waals surface area contributed by atoms with Gasteiger partial charge in [-0.2, -0.15) is 5.10 Å². The number of hydrogen-bond donors (Lipinski definition) is 1. The smallest absolute Gasteiger partial charge is 0.168 e. The molecule has 25 heavy (non-hydrogen) atoms. The van der Waals surface area contributed by atoms with Crippen LogP contribution in [0.2, 0.25) is 0 Å². The fraction of sp³-hybridized carbons (Fsp3) is 0.353. The molecule has 1 aliphatic heterocycles. The van der Waals surface area contributed by atoms with Crippen LogP contribution in [0.3, 0.4) is 0 Å². The summed E-state index contributed by atoms with van der Waals surface area (Å²) in [5, 5.41) is 7.44. The zero-order valence-electron chi connectivity index (χ0n) is 14.3. The van der Waals surface area contributed by atoms with E-state index >= 15 is 0 Å². The molecule has 3 heterocycles. The van der Waals surface area contributed by atoms with Crippen molar-refractivity contribution in [1.29, 1.82) is 0 Å². The monoisotopic (exact) mass is 341 g/mol. The van der Waals surface area contributed by atoms with Gasteiger partial charge in [0.15, 0.2) is 11.5 Å². The Hall–Kier alpha value is -2.58. The number of fused-ring (bicyclic) bond motifs is 1. The number of benzene rings is 1. The van der Waals surface area contributed by atoms with Crippen molar-refractivity contribution in [3.8, 4) is 5.69 Å². The van der Waals surface area contributed by atoms with Gasteiger partial charge in [0.05, 0.1) is 11.1 Å². The number of halogens is 1. The molecular formula is C17H20FN7. The number of aromatic nitrogens is 4. The number of piperazine rings is 1. The summed E-state index contributed by atoms with van der Waals surface area (Å²) in [5.74, 6) is 0.369. The molecule has 4 rings (SSSR count). The number of para-hydroxylation sites is 1. The second-order valence-corrected chi connectivity index (χ2v) is 6.27. The van der Waals surface area contributed by atoms with Crippen molar-refractivity contribution < 1.29 is 4.39 Å². The fourth-order valence-corrected chi connectivity index (χ4v) is 3.06. The topological polar surface area (TPSA) is 62.1 Å². The van der Waals surface area contributed by atoms with E-state index < -0.39 is 0 Å². The van der Waals surface area contributed by atoms with E-state index in [4.69, 9.17) is 0 Å². The quantitative estimate of drug-likeness (QED) is 0.784. The molecule has 7 nitrogen and oxygen atoms in total. The van der Waals surface area contributed by atoms with Crippen LogP contribution in [0.1, 0.15) is 5.69 Å². The maximum Gasteiger partial charge on any atom is 0.168 e. The molecule has 0 amide bonds. The van der Waals surface area contributed by atoms with Crippen LogP contribution in [-0.2, 0) is 0 Å². The summed E-state index contributed by atoms with van der Waals surface area (Å²) in [5.41, 5.74) is 5.10. The Balaban J connectivity index is 1.74. The predicted octanol–water partition coefficient (Wildman–Crippen LogP) is 1.84. The molecule has 130 valence electrons. The molecule has 0 radical (unpaired) electrons.